The van der Waals surface area contributed by atoms with Crippen LogP contribution in [0, 0.1) is 0 Å². The maximum absolute atomic E-state index is 11.2. The summed E-state index contributed by atoms with van der Waals surface area (Å²) in [5, 5.41) is 4.29. The van der Waals surface area contributed by atoms with Gasteiger partial charge in [0.25, 0.3) is 0 Å². The summed E-state index contributed by atoms with van der Waals surface area (Å²) in [5.41, 5.74) is 0. The van der Waals surface area contributed by atoms with E-state index in [1.807, 2.05) is 0 Å². The molecular formula is C11H18N2O6. The third-order valence-corrected chi connectivity index (χ3v) is 1.77. The van der Waals surface area contributed by atoms with Gasteiger partial charge in [-0.2, -0.15) is 0 Å². The van der Waals surface area contributed by atoms with Gasteiger partial charge in [0.15, 0.2) is 0 Å². The van der Waals surface area contributed by atoms with E-state index in [4.69, 9.17) is 0 Å². The van der Waals surface area contributed by atoms with E-state index in [9.17, 15) is 19.2 Å². The number of esters is 2. The monoisotopic (exact) mass is 274 g/mol. The largest absolute Gasteiger partial charge is 0.465 e. The van der Waals surface area contributed by atoms with Crippen LogP contribution in [-0.2, 0) is 28.7 Å². The highest BCUT2D eigenvalue weighted by molar-refractivity contribution is 6.32. The summed E-state index contributed by atoms with van der Waals surface area (Å²) in [6.07, 6.45) is 0.596. The van der Waals surface area contributed by atoms with E-state index < -0.39 is 30.3 Å². The first kappa shape index (κ1) is 16.9. The second kappa shape index (κ2) is 9.86. The highest BCUT2D eigenvalue weighted by Crippen LogP contribution is 1.83. The van der Waals surface area contributed by atoms with Gasteiger partial charge in [-0.3, -0.25) is 14.4 Å². The number of hydrogen-bond donors (Lipinski definition) is 2. The molecular weight excluding hydrogens is 256 g/mol. The summed E-state index contributed by atoms with van der Waals surface area (Å²) >= 11 is 0. The normalized spacial score (nSPS) is 9.37. The predicted octanol–water partition coefficient (Wildman–Crippen LogP) is -1.26. The molecule has 0 saturated carbocycles. The summed E-state index contributed by atoms with van der Waals surface area (Å²) in [5.74, 6) is -3.23. The van der Waals surface area contributed by atoms with Gasteiger partial charge >= 0.3 is 17.8 Å². The lowest BCUT2D eigenvalue weighted by molar-refractivity contribution is -0.155. The molecule has 0 fully saturated rings. The lowest BCUT2D eigenvalue weighted by Crippen LogP contribution is -2.42. The van der Waals surface area contributed by atoms with Crippen molar-refractivity contribution in [3.63, 3.8) is 0 Å². The van der Waals surface area contributed by atoms with E-state index >= 15 is 0 Å². The predicted molar refractivity (Wildman–Crippen MR) is 63.9 cm³/mol. The lowest BCUT2D eigenvalue weighted by Gasteiger charge is -2.06. The molecule has 0 unspecified atom stereocenters. The van der Waals surface area contributed by atoms with Crippen molar-refractivity contribution in [2.75, 3.05) is 26.3 Å². The van der Waals surface area contributed by atoms with Gasteiger partial charge in [-0.1, -0.05) is 6.92 Å². The molecule has 108 valence electrons. The molecule has 0 aromatic heterocycles. The number of rotatable bonds is 7. The van der Waals surface area contributed by atoms with Gasteiger partial charge in [0, 0.05) is 0 Å². The van der Waals surface area contributed by atoms with E-state index in [2.05, 4.69) is 20.1 Å². The van der Waals surface area contributed by atoms with Crippen molar-refractivity contribution in [3.8, 4) is 0 Å². The Kier molecular flexibility index (Phi) is 8.76. The van der Waals surface area contributed by atoms with E-state index in [-0.39, 0.29) is 19.8 Å². The Balaban J connectivity index is 3.80. The van der Waals surface area contributed by atoms with Crippen LogP contribution in [-0.4, -0.2) is 50.1 Å². The fourth-order valence-corrected chi connectivity index (χ4v) is 0.938. The molecule has 19 heavy (non-hydrogen) atoms. The molecule has 0 rings (SSSR count). The van der Waals surface area contributed by atoms with Gasteiger partial charge in [-0.05, 0) is 13.3 Å². The number of carbonyl (C=O) groups excluding carboxylic acids is 4. The summed E-state index contributed by atoms with van der Waals surface area (Å²) in [4.78, 5) is 44.3. The van der Waals surface area contributed by atoms with Crippen LogP contribution >= 0.6 is 0 Å². The van der Waals surface area contributed by atoms with Crippen molar-refractivity contribution in [2.24, 2.45) is 0 Å². The second-order valence-electron chi connectivity index (χ2n) is 3.40. The van der Waals surface area contributed by atoms with E-state index in [1.54, 1.807) is 13.8 Å². The molecule has 0 radical (unpaired) electrons. The van der Waals surface area contributed by atoms with Crippen LogP contribution in [0.25, 0.3) is 0 Å². The van der Waals surface area contributed by atoms with Crippen molar-refractivity contribution < 1.29 is 28.7 Å². The van der Waals surface area contributed by atoms with E-state index in [0.29, 0.717) is 6.42 Å². The maximum atomic E-state index is 11.2. The SMILES string of the molecule is CCCOC(=O)C(=O)NCC(=O)NCC(=O)OCC. The molecule has 0 atom stereocenters. The average molecular weight is 274 g/mol. The molecule has 0 bridgehead atoms. The van der Waals surface area contributed by atoms with Gasteiger partial charge in [-0.15, -0.1) is 0 Å². The van der Waals surface area contributed by atoms with Gasteiger partial charge in [0.1, 0.15) is 6.54 Å². The van der Waals surface area contributed by atoms with Crippen molar-refractivity contribution >= 4 is 23.8 Å². The minimum absolute atomic E-state index is 0.140. The molecule has 0 spiro atoms. The number of hydrogen-bond acceptors (Lipinski definition) is 6. The topological polar surface area (TPSA) is 111 Å². The van der Waals surface area contributed by atoms with Crippen LogP contribution in [0.3, 0.4) is 0 Å². The summed E-state index contributed by atoms with van der Waals surface area (Å²) in [7, 11) is 0. The zero-order valence-electron chi connectivity index (χ0n) is 11.0. The fourth-order valence-electron chi connectivity index (χ4n) is 0.938. The van der Waals surface area contributed by atoms with Crippen LogP contribution < -0.4 is 10.6 Å². The Hall–Kier alpha value is -2.12. The first-order chi connectivity index (χ1) is 9.01. The number of carbonyl (C=O) groups is 4. The van der Waals surface area contributed by atoms with Crippen LogP contribution in [0.2, 0.25) is 0 Å². The van der Waals surface area contributed by atoms with Gasteiger partial charge in [0.2, 0.25) is 5.91 Å². The maximum Gasteiger partial charge on any atom is 0.396 e. The third-order valence-electron chi connectivity index (χ3n) is 1.77. The third kappa shape index (κ3) is 8.58. The average Bonchev–Trinajstić information content (AvgIpc) is 2.40. The number of ether oxygens (including phenoxy) is 2. The molecule has 2 N–H and O–H groups in total. The minimum Gasteiger partial charge on any atom is -0.465 e. The van der Waals surface area contributed by atoms with Crippen LogP contribution in [0.5, 0.6) is 0 Å². The number of amides is 2. The molecule has 8 heteroatoms. The Morgan fingerprint density at radius 1 is 0.947 bits per heavy atom. The zero-order chi connectivity index (χ0) is 14.7. The molecule has 0 aromatic carbocycles. The molecule has 0 heterocycles. The van der Waals surface area contributed by atoms with Gasteiger partial charge in [-0.25, -0.2) is 4.79 Å². The highest BCUT2D eigenvalue weighted by atomic mass is 16.5. The molecule has 0 aromatic rings. The standard InChI is InChI=1S/C11H18N2O6/c1-3-5-19-11(17)10(16)13-6-8(14)12-7-9(15)18-4-2/h3-7H2,1-2H3,(H,12,14)(H,13,16). The van der Waals surface area contributed by atoms with Crippen LogP contribution in [0.1, 0.15) is 20.3 Å². The first-order valence-corrected chi connectivity index (χ1v) is 5.88. The Morgan fingerprint density at radius 2 is 1.63 bits per heavy atom. The van der Waals surface area contributed by atoms with E-state index in [0.717, 1.165) is 0 Å². The molecule has 0 aliphatic rings. The Bertz CT molecular complexity index is 342. The van der Waals surface area contributed by atoms with Crippen molar-refractivity contribution in [3.05, 3.63) is 0 Å². The van der Waals surface area contributed by atoms with Crippen molar-refractivity contribution in [2.45, 2.75) is 20.3 Å². The Morgan fingerprint density at radius 3 is 2.21 bits per heavy atom. The molecule has 2 amide bonds. The highest BCUT2D eigenvalue weighted by Gasteiger charge is 2.16. The fraction of sp³-hybridized carbons (Fsp3) is 0.636. The molecule has 8 nitrogen and oxygen atoms in total. The molecule has 0 saturated heterocycles. The smallest absolute Gasteiger partial charge is 0.396 e. The van der Waals surface area contributed by atoms with Gasteiger partial charge < -0.3 is 20.1 Å². The Labute approximate surface area is 110 Å². The summed E-state index contributed by atoms with van der Waals surface area (Å²) < 4.78 is 9.14. The summed E-state index contributed by atoms with van der Waals surface area (Å²) in [6, 6.07) is 0. The molecule has 0 aliphatic heterocycles. The van der Waals surface area contributed by atoms with Crippen molar-refractivity contribution in [1.29, 1.82) is 0 Å². The van der Waals surface area contributed by atoms with Crippen LogP contribution in [0.15, 0.2) is 0 Å². The van der Waals surface area contributed by atoms with Gasteiger partial charge in [0.05, 0.1) is 19.8 Å². The first-order valence-electron chi connectivity index (χ1n) is 5.88. The van der Waals surface area contributed by atoms with Crippen LogP contribution in [0.4, 0.5) is 0 Å². The van der Waals surface area contributed by atoms with E-state index in [1.165, 1.54) is 0 Å². The molecule has 0 aliphatic carbocycles. The zero-order valence-corrected chi connectivity index (χ0v) is 11.0. The lowest BCUT2D eigenvalue weighted by atomic mass is 10.5. The second-order valence-corrected chi connectivity index (χ2v) is 3.40. The summed E-state index contributed by atoms with van der Waals surface area (Å²) in [6.45, 7) is 3.08. The quantitative estimate of drug-likeness (QED) is 0.442. The van der Waals surface area contributed by atoms with Crippen molar-refractivity contribution in [1.82, 2.24) is 10.6 Å². The minimum atomic E-state index is -1.04. The number of nitrogens with one attached hydrogen (secondary N) is 2.